The number of hydrogen-bond donors (Lipinski definition) is 2. The molecule has 1 aliphatic rings. The zero-order valence-corrected chi connectivity index (χ0v) is 11.6. The highest BCUT2D eigenvalue weighted by Crippen LogP contribution is 2.29. The molecule has 0 unspecified atom stereocenters. The average Bonchev–Trinajstić information content (AvgIpc) is 2.34. The van der Waals surface area contributed by atoms with Crippen molar-refractivity contribution in [3.05, 3.63) is 28.8 Å². The summed E-state index contributed by atoms with van der Waals surface area (Å²) in [6, 6.07) is 5.39. The van der Waals surface area contributed by atoms with E-state index in [1.165, 1.54) is 0 Å². The standard InChI is InChI=1S/C14H19ClN2O2/c15-12-7-2-6-11(13(12)16)14(19)17(8-3-9-18)10-4-1-5-10/h2,6-7,10,18H,1,3-5,8-9,16H2. The number of nitrogen functional groups attached to an aromatic ring is 1. The van der Waals surface area contributed by atoms with E-state index in [4.69, 9.17) is 22.4 Å². The van der Waals surface area contributed by atoms with Crippen molar-refractivity contribution in [2.24, 2.45) is 0 Å². The van der Waals surface area contributed by atoms with E-state index in [-0.39, 0.29) is 18.6 Å². The lowest BCUT2D eigenvalue weighted by Gasteiger charge is -2.37. The normalized spacial score (nSPS) is 15.1. The highest BCUT2D eigenvalue weighted by molar-refractivity contribution is 6.33. The van der Waals surface area contributed by atoms with Crippen LogP contribution in [0.1, 0.15) is 36.0 Å². The molecule has 1 aromatic rings. The van der Waals surface area contributed by atoms with E-state index in [1.807, 2.05) is 4.90 Å². The Morgan fingerprint density at radius 2 is 2.21 bits per heavy atom. The van der Waals surface area contributed by atoms with E-state index in [9.17, 15) is 4.79 Å². The fourth-order valence-electron chi connectivity index (χ4n) is 2.27. The summed E-state index contributed by atoms with van der Waals surface area (Å²) < 4.78 is 0. The van der Waals surface area contributed by atoms with Crippen molar-refractivity contribution in [1.82, 2.24) is 4.90 Å². The van der Waals surface area contributed by atoms with Gasteiger partial charge in [-0.1, -0.05) is 17.7 Å². The first kappa shape index (κ1) is 14.2. The molecule has 1 aromatic carbocycles. The lowest BCUT2D eigenvalue weighted by molar-refractivity contribution is 0.0563. The van der Waals surface area contributed by atoms with Crippen molar-refractivity contribution in [3.8, 4) is 0 Å². The molecule has 0 aromatic heterocycles. The van der Waals surface area contributed by atoms with Crippen LogP contribution in [0.4, 0.5) is 5.69 Å². The Hall–Kier alpha value is -1.26. The maximum absolute atomic E-state index is 12.6. The van der Waals surface area contributed by atoms with Crippen molar-refractivity contribution in [1.29, 1.82) is 0 Å². The first-order valence-electron chi connectivity index (χ1n) is 6.61. The van der Waals surface area contributed by atoms with Crippen molar-refractivity contribution in [2.45, 2.75) is 31.7 Å². The predicted octanol–water partition coefficient (Wildman–Crippen LogP) is 2.30. The predicted molar refractivity (Wildman–Crippen MR) is 76.2 cm³/mol. The molecule has 1 fully saturated rings. The Balaban J connectivity index is 2.20. The molecule has 0 bridgehead atoms. The highest BCUT2D eigenvalue weighted by atomic mass is 35.5. The van der Waals surface area contributed by atoms with Gasteiger partial charge in [0.25, 0.3) is 5.91 Å². The number of hydrogen-bond acceptors (Lipinski definition) is 3. The number of aliphatic hydroxyl groups excluding tert-OH is 1. The summed E-state index contributed by atoms with van der Waals surface area (Å²) in [6.07, 6.45) is 3.79. The summed E-state index contributed by atoms with van der Waals surface area (Å²) in [7, 11) is 0. The molecule has 3 N–H and O–H groups in total. The Kier molecular flexibility index (Phi) is 4.66. The lowest BCUT2D eigenvalue weighted by Crippen LogP contribution is -2.45. The first-order valence-corrected chi connectivity index (χ1v) is 6.98. The van der Waals surface area contributed by atoms with Gasteiger partial charge in [0, 0.05) is 19.2 Å². The van der Waals surface area contributed by atoms with Crippen molar-refractivity contribution in [2.75, 3.05) is 18.9 Å². The summed E-state index contributed by atoms with van der Waals surface area (Å²) in [4.78, 5) is 14.4. The Bertz CT molecular complexity index is 461. The summed E-state index contributed by atoms with van der Waals surface area (Å²) in [5.41, 5.74) is 6.67. The number of carbonyl (C=O) groups excluding carboxylic acids is 1. The second kappa shape index (κ2) is 6.26. The fourth-order valence-corrected chi connectivity index (χ4v) is 2.44. The number of aliphatic hydroxyl groups is 1. The quantitative estimate of drug-likeness (QED) is 0.815. The molecular formula is C14H19ClN2O2. The molecule has 1 saturated carbocycles. The largest absolute Gasteiger partial charge is 0.397 e. The van der Waals surface area contributed by atoms with Gasteiger partial charge in [-0.2, -0.15) is 0 Å². The smallest absolute Gasteiger partial charge is 0.256 e. The number of benzene rings is 1. The van der Waals surface area contributed by atoms with Crippen LogP contribution in [0.15, 0.2) is 18.2 Å². The van der Waals surface area contributed by atoms with Gasteiger partial charge in [0.05, 0.1) is 16.3 Å². The summed E-state index contributed by atoms with van der Waals surface area (Å²) in [6.45, 7) is 0.646. The third-order valence-electron chi connectivity index (χ3n) is 3.62. The average molecular weight is 283 g/mol. The van der Waals surface area contributed by atoms with Crippen LogP contribution in [-0.2, 0) is 0 Å². The molecule has 0 radical (unpaired) electrons. The summed E-state index contributed by atoms with van der Waals surface area (Å²) in [5, 5.41) is 9.36. The molecule has 2 rings (SSSR count). The van der Waals surface area contributed by atoms with Crippen LogP contribution in [0.3, 0.4) is 0 Å². The van der Waals surface area contributed by atoms with Crippen LogP contribution in [0, 0.1) is 0 Å². The van der Waals surface area contributed by atoms with E-state index in [0.29, 0.717) is 29.2 Å². The maximum Gasteiger partial charge on any atom is 0.256 e. The fraction of sp³-hybridized carbons (Fsp3) is 0.500. The Morgan fingerprint density at radius 3 is 2.79 bits per heavy atom. The van der Waals surface area contributed by atoms with Crippen LogP contribution < -0.4 is 5.73 Å². The van der Waals surface area contributed by atoms with E-state index < -0.39 is 0 Å². The lowest BCUT2D eigenvalue weighted by atomic mass is 9.90. The third-order valence-corrected chi connectivity index (χ3v) is 3.95. The first-order chi connectivity index (χ1) is 9.15. The molecule has 104 valence electrons. The van der Waals surface area contributed by atoms with Gasteiger partial charge in [0.2, 0.25) is 0 Å². The SMILES string of the molecule is Nc1c(Cl)cccc1C(=O)N(CCCO)C1CCC1. The van der Waals surface area contributed by atoms with Gasteiger partial charge < -0.3 is 15.7 Å². The third kappa shape index (κ3) is 3.01. The molecule has 5 heteroatoms. The zero-order valence-electron chi connectivity index (χ0n) is 10.8. The number of anilines is 1. The molecule has 19 heavy (non-hydrogen) atoms. The van der Waals surface area contributed by atoms with E-state index >= 15 is 0 Å². The van der Waals surface area contributed by atoms with E-state index in [0.717, 1.165) is 19.3 Å². The van der Waals surface area contributed by atoms with Crippen LogP contribution in [0.5, 0.6) is 0 Å². The van der Waals surface area contributed by atoms with Crippen LogP contribution in [-0.4, -0.2) is 35.1 Å². The number of halogens is 1. The molecule has 4 nitrogen and oxygen atoms in total. The monoisotopic (exact) mass is 282 g/mol. The maximum atomic E-state index is 12.6. The Labute approximate surface area is 118 Å². The summed E-state index contributed by atoms with van der Waals surface area (Å²) in [5.74, 6) is -0.0850. The molecule has 0 saturated heterocycles. The zero-order chi connectivity index (χ0) is 13.8. The molecule has 0 heterocycles. The highest BCUT2D eigenvalue weighted by Gasteiger charge is 2.29. The molecular weight excluding hydrogens is 264 g/mol. The van der Waals surface area contributed by atoms with Crippen molar-refractivity contribution >= 4 is 23.2 Å². The minimum atomic E-state index is -0.0850. The summed E-state index contributed by atoms with van der Waals surface area (Å²) >= 11 is 5.96. The molecule has 0 aliphatic heterocycles. The van der Waals surface area contributed by atoms with Crippen molar-refractivity contribution < 1.29 is 9.90 Å². The number of amides is 1. The van der Waals surface area contributed by atoms with Crippen LogP contribution >= 0.6 is 11.6 Å². The topological polar surface area (TPSA) is 66.6 Å². The minimum absolute atomic E-state index is 0.0848. The van der Waals surface area contributed by atoms with Crippen LogP contribution in [0.2, 0.25) is 5.02 Å². The van der Waals surface area contributed by atoms with Crippen molar-refractivity contribution in [3.63, 3.8) is 0 Å². The number of nitrogens with two attached hydrogens (primary N) is 1. The molecule has 0 atom stereocenters. The number of para-hydroxylation sites is 1. The Morgan fingerprint density at radius 1 is 1.47 bits per heavy atom. The van der Waals surface area contributed by atoms with Gasteiger partial charge in [0.1, 0.15) is 0 Å². The second-order valence-corrected chi connectivity index (χ2v) is 5.27. The van der Waals surface area contributed by atoms with Gasteiger partial charge in [0.15, 0.2) is 0 Å². The van der Waals surface area contributed by atoms with Gasteiger partial charge >= 0.3 is 0 Å². The van der Waals surface area contributed by atoms with Crippen LogP contribution in [0.25, 0.3) is 0 Å². The van der Waals surface area contributed by atoms with Gasteiger partial charge in [-0.3, -0.25) is 4.79 Å². The van der Waals surface area contributed by atoms with E-state index in [1.54, 1.807) is 18.2 Å². The molecule has 1 amide bonds. The number of carbonyl (C=O) groups is 1. The molecule has 1 aliphatic carbocycles. The number of nitrogens with zero attached hydrogens (tertiary/aromatic N) is 1. The van der Waals surface area contributed by atoms with E-state index in [2.05, 4.69) is 0 Å². The molecule has 0 spiro atoms. The number of rotatable bonds is 5. The van der Waals surface area contributed by atoms with Gasteiger partial charge in [-0.15, -0.1) is 0 Å². The second-order valence-electron chi connectivity index (χ2n) is 4.86. The minimum Gasteiger partial charge on any atom is -0.397 e. The van der Waals surface area contributed by atoms with Gasteiger partial charge in [-0.05, 0) is 37.8 Å². The van der Waals surface area contributed by atoms with Gasteiger partial charge in [-0.25, -0.2) is 0 Å².